The summed E-state index contributed by atoms with van der Waals surface area (Å²) in [6.07, 6.45) is 0.606. The van der Waals surface area contributed by atoms with Crippen LogP contribution in [-0.2, 0) is 16.1 Å². The van der Waals surface area contributed by atoms with Crippen LogP contribution in [0.25, 0.3) is 0 Å². The average molecular weight is 372 g/mol. The van der Waals surface area contributed by atoms with E-state index < -0.39 is 5.54 Å². The highest BCUT2D eigenvalue weighted by atomic mass is 127. The number of nitrogens with zero attached hydrogens (tertiary/aromatic N) is 1. The molecule has 1 heterocycles. The Morgan fingerprint density at radius 3 is 2.53 bits per heavy atom. The highest BCUT2D eigenvalue weighted by Crippen LogP contribution is 2.25. The van der Waals surface area contributed by atoms with Crippen molar-refractivity contribution in [2.45, 2.75) is 32.4 Å². The molecule has 0 radical (unpaired) electrons. The topological polar surface area (TPSA) is 49.4 Å². The van der Waals surface area contributed by atoms with Crippen LogP contribution in [0.5, 0.6) is 0 Å². The van der Waals surface area contributed by atoms with E-state index in [1.807, 2.05) is 38.1 Å². The lowest BCUT2D eigenvalue weighted by atomic mass is 9.92. The summed E-state index contributed by atoms with van der Waals surface area (Å²) >= 11 is 2.24. The molecule has 0 aromatic heterocycles. The monoisotopic (exact) mass is 372 g/mol. The van der Waals surface area contributed by atoms with Crippen LogP contribution in [0.1, 0.15) is 25.8 Å². The van der Waals surface area contributed by atoms with E-state index in [9.17, 15) is 9.59 Å². The van der Waals surface area contributed by atoms with Gasteiger partial charge in [0.05, 0.1) is 6.54 Å². The third kappa shape index (κ3) is 2.75. The Balaban J connectivity index is 2.26. The lowest BCUT2D eigenvalue weighted by molar-refractivity contribution is -0.153. The molecule has 1 aromatic carbocycles. The molecule has 1 aromatic rings. The Bertz CT molecular complexity index is 501. The van der Waals surface area contributed by atoms with Crippen LogP contribution in [0, 0.1) is 3.57 Å². The molecule has 4 nitrogen and oxygen atoms in total. The number of carbonyl (C=O) groups excluding carboxylic acids is 2. The Kier molecular flexibility index (Phi) is 4.13. The first kappa shape index (κ1) is 14.3. The first-order chi connectivity index (χ1) is 8.97. The number of benzene rings is 1. The predicted molar refractivity (Wildman–Crippen MR) is 81.4 cm³/mol. The number of piperazine rings is 1. The molecule has 19 heavy (non-hydrogen) atoms. The molecule has 2 amide bonds. The van der Waals surface area contributed by atoms with E-state index >= 15 is 0 Å². The van der Waals surface area contributed by atoms with Crippen LogP contribution in [-0.4, -0.2) is 28.8 Å². The quantitative estimate of drug-likeness (QED) is 0.825. The molecular formula is C14H17IN2O2. The lowest BCUT2D eigenvalue weighted by Gasteiger charge is -2.43. The molecule has 0 spiro atoms. The Morgan fingerprint density at radius 1 is 1.32 bits per heavy atom. The van der Waals surface area contributed by atoms with Gasteiger partial charge in [0.2, 0.25) is 11.8 Å². The fourth-order valence-corrected chi connectivity index (χ4v) is 2.59. The van der Waals surface area contributed by atoms with Crippen LogP contribution in [0.4, 0.5) is 0 Å². The summed E-state index contributed by atoms with van der Waals surface area (Å²) in [5, 5.41) is 2.67. The minimum absolute atomic E-state index is 0.0255. The first-order valence-corrected chi connectivity index (χ1v) is 7.38. The van der Waals surface area contributed by atoms with E-state index in [1.54, 1.807) is 4.90 Å². The molecule has 2 rings (SSSR count). The number of hydrogen-bond donors (Lipinski definition) is 1. The smallest absolute Gasteiger partial charge is 0.246 e. The number of carbonyl (C=O) groups is 2. The highest BCUT2D eigenvalue weighted by molar-refractivity contribution is 14.1. The summed E-state index contributed by atoms with van der Waals surface area (Å²) in [6.45, 7) is 4.33. The van der Waals surface area contributed by atoms with Crippen molar-refractivity contribution in [3.8, 4) is 0 Å². The highest BCUT2D eigenvalue weighted by Gasteiger charge is 2.43. The minimum atomic E-state index is -0.752. The molecule has 1 saturated heterocycles. The van der Waals surface area contributed by atoms with Crippen molar-refractivity contribution < 1.29 is 9.59 Å². The van der Waals surface area contributed by atoms with Gasteiger partial charge in [-0.05, 0) is 53.6 Å². The SMILES string of the molecule is CCC1(C)C(=O)NCC(=O)N1Cc1ccc(I)cc1. The average Bonchev–Trinajstić information content (AvgIpc) is 2.41. The second kappa shape index (κ2) is 5.48. The van der Waals surface area contributed by atoms with Gasteiger partial charge in [0.25, 0.3) is 0 Å². The molecule has 1 fully saturated rings. The van der Waals surface area contributed by atoms with Gasteiger partial charge < -0.3 is 10.2 Å². The maximum atomic E-state index is 12.1. The molecule has 102 valence electrons. The zero-order chi connectivity index (χ0) is 14.0. The van der Waals surface area contributed by atoms with Crippen molar-refractivity contribution in [1.29, 1.82) is 0 Å². The van der Waals surface area contributed by atoms with Gasteiger partial charge in [0, 0.05) is 10.1 Å². The summed E-state index contributed by atoms with van der Waals surface area (Å²) in [7, 11) is 0. The van der Waals surface area contributed by atoms with Gasteiger partial charge in [-0.2, -0.15) is 0 Å². The van der Waals surface area contributed by atoms with Crippen LogP contribution in [0.15, 0.2) is 24.3 Å². The second-order valence-corrected chi connectivity index (χ2v) is 6.16. The molecule has 0 aliphatic carbocycles. The molecule has 1 N–H and O–H groups in total. The fraction of sp³-hybridized carbons (Fsp3) is 0.429. The molecule has 1 atom stereocenters. The van der Waals surface area contributed by atoms with E-state index in [0.717, 1.165) is 9.13 Å². The summed E-state index contributed by atoms with van der Waals surface area (Å²) in [4.78, 5) is 25.8. The van der Waals surface area contributed by atoms with Gasteiger partial charge in [-0.1, -0.05) is 19.1 Å². The standard InChI is InChI=1S/C14H17IN2O2/c1-3-14(2)13(19)16-8-12(18)17(14)9-10-4-6-11(15)7-5-10/h4-7H,3,8-9H2,1-2H3,(H,16,19). The van der Waals surface area contributed by atoms with Crippen molar-refractivity contribution in [3.05, 3.63) is 33.4 Å². The minimum Gasteiger partial charge on any atom is -0.345 e. The maximum absolute atomic E-state index is 12.1. The van der Waals surface area contributed by atoms with Crippen molar-refractivity contribution in [2.75, 3.05) is 6.54 Å². The van der Waals surface area contributed by atoms with Crippen molar-refractivity contribution in [2.24, 2.45) is 0 Å². The predicted octanol–water partition coefficient (Wildman–Crippen LogP) is 1.92. The van der Waals surface area contributed by atoms with E-state index in [4.69, 9.17) is 0 Å². The lowest BCUT2D eigenvalue weighted by Crippen LogP contribution is -2.65. The van der Waals surface area contributed by atoms with Crippen molar-refractivity contribution in [1.82, 2.24) is 10.2 Å². The molecule has 1 aliphatic rings. The fourth-order valence-electron chi connectivity index (χ4n) is 2.23. The summed E-state index contributed by atoms with van der Waals surface area (Å²) in [5.74, 6) is -0.0948. The van der Waals surface area contributed by atoms with Crippen LogP contribution < -0.4 is 5.32 Å². The third-order valence-corrected chi connectivity index (χ3v) is 4.45. The number of rotatable bonds is 3. The zero-order valence-corrected chi connectivity index (χ0v) is 13.2. The van der Waals surface area contributed by atoms with Gasteiger partial charge in [-0.15, -0.1) is 0 Å². The van der Waals surface area contributed by atoms with Gasteiger partial charge in [-0.25, -0.2) is 0 Å². The number of halogens is 1. The summed E-state index contributed by atoms with van der Waals surface area (Å²) in [5.41, 5.74) is 0.293. The van der Waals surface area contributed by atoms with E-state index in [0.29, 0.717) is 13.0 Å². The summed E-state index contributed by atoms with van der Waals surface area (Å²) in [6, 6.07) is 8.01. The van der Waals surface area contributed by atoms with E-state index in [2.05, 4.69) is 27.9 Å². The molecule has 1 aliphatic heterocycles. The number of amides is 2. The Morgan fingerprint density at radius 2 is 1.95 bits per heavy atom. The van der Waals surface area contributed by atoms with Crippen LogP contribution in [0.2, 0.25) is 0 Å². The van der Waals surface area contributed by atoms with Crippen molar-refractivity contribution in [3.63, 3.8) is 0 Å². The summed E-state index contributed by atoms with van der Waals surface area (Å²) < 4.78 is 1.15. The van der Waals surface area contributed by atoms with Crippen LogP contribution >= 0.6 is 22.6 Å². The van der Waals surface area contributed by atoms with Gasteiger partial charge in [-0.3, -0.25) is 9.59 Å². The van der Waals surface area contributed by atoms with Crippen molar-refractivity contribution >= 4 is 34.4 Å². The second-order valence-electron chi connectivity index (χ2n) is 4.92. The Labute approximate surface area is 126 Å². The molecule has 0 saturated carbocycles. The third-order valence-electron chi connectivity index (χ3n) is 3.73. The molecule has 5 heteroatoms. The molecule has 0 bridgehead atoms. The van der Waals surface area contributed by atoms with Gasteiger partial charge in [0.1, 0.15) is 5.54 Å². The maximum Gasteiger partial charge on any atom is 0.246 e. The van der Waals surface area contributed by atoms with Gasteiger partial charge >= 0.3 is 0 Å². The van der Waals surface area contributed by atoms with Gasteiger partial charge in [0.15, 0.2) is 0 Å². The Hall–Kier alpha value is -1.11. The van der Waals surface area contributed by atoms with E-state index in [-0.39, 0.29) is 18.4 Å². The van der Waals surface area contributed by atoms with Crippen LogP contribution in [0.3, 0.4) is 0 Å². The zero-order valence-electron chi connectivity index (χ0n) is 11.1. The first-order valence-electron chi connectivity index (χ1n) is 6.30. The largest absolute Gasteiger partial charge is 0.345 e. The number of nitrogens with one attached hydrogen (secondary N) is 1. The normalized spacial score (nSPS) is 23.4. The number of hydrogen-bond acceptors (Lipinski definition) is 2. The molecular weight excluding hydrogens is 355 g/mol. The van der Waals surface area contributed by atoms with E-state index in [1.165, 1.54) is 0 Å². The molecule has 1 unspecified atom stereocenters.